The molecule has 2 unspecified atom stereocenters. The summed E-state index contributed by atoms with van der Waals surface area (Å²) in [5.74, 6) is 1.78. The monoisotopic (exact) mass is 280 g/mol. The van der Waals surface area contributed by atoms with Crippen molar-refractivity contribution in [2.45, 2.75) is 32.7 Å². The zero-order valence-corrected chi connectivity index (χ0v) is 12.6. The van der Waals surface area contributed by atoms with Crippen LogP contribution >= 0.6 is 0 Å². The zero-order valence-electron chi connectivity index (χ0n) is 11.8. The summed E-state index contributed by atoms with van der Waals surface area (Å²) >= 11 is 0. The molecule has 1 N–H and O–H groups in total. The summed E-state index contributed by atoms with van der Waals surface area (Å²) in [6, 6.07) is 2.16. The highest BCUT2D eigenvalue weighted by Gasteiger charge is 2.12. The van der Waals surface area contributed by atoms with Gasteiger partial charge in [0.2, 0.25) is 0 Å². The third-order valence-electron chi connectivity index (χ3n) is 2.87. The number of aromatic nitrogens is 3. The Hall–Kier alpha value is -1.43. The van der Waals surface area contributed by atoms with Crippen LogP contribution in [-0.4, -0.2) is 36.9 Å². The topological polar surface area (TPSA) is 59.3 Å². The first-order valence-electron chi connectivity index (χ1n) is 6.38. The number of fused-ring (bicyclic) bond motifs is 1. The summed E-state index contributed by atoms with van der Waals surface area (Å²) in [6.07, 6.45) is 5.28. The van der Waals surface area contributed by atoms with Crippen molar-refractivity contribution in [3.63, 3.8) is 0 Å². The van der Waals surface area contributed by atoms with Crippen LogP contribution < -0.4 is 5.32 Å². The Kier molecular flexibility index (Phi) is 4.19. The Labute approximate surface area is 115 Å². The summed E-state index contributed by atoms with van der Waals surface area (Å²) in [6.45, 7) is 6.24. The van der Waals surface area contributed by atoms with Gasteiger partial charge >= 0.3 is 0 Å². The van der Waals surface area contributed by atoms with E-state index in [9.17, 15) is 4.21 Å². The Balaban J connectivity index is 2.30. The minimum atomic E-state index is -0.818. The molecule has 0 spiro atoms. The molecule has 0 amide bonds. The van der Waals surface area contributed by atoms with Gasteiger partial charge in [-0.15, -0.1) is 0 Å². The first-order chi connectivity index (χ1) is 8.97. The molecule has 0 saturated carbocycles. The molecule has 2 aromatic heterocycles. The van der Waals surface area contributed by atoms with Gasteiger partial charge in [0.15, 0.2) is 5.82 Å². The highest BCUT2D eigenvalue weighted by Crippen LogP contribution is 2.20. The molecule has 0 aliphatic rings. The van der Waals surface area contributed by atoms with Gasteiger partial charge in [-0.3, -0.25) is 4.21 Å². The highest BCUT2D eigenvalue weighted by atomic mass is 32.2. The molecule has 0 radical (unpaired) electrons. The summed E-state index contributed by atoms with van der Waals surface area (Å²) in [7, 11) is -0.818. The Morgan fingerprint density at radius 1 is 1.42 bits per heavy atom. The van der Waals surface area contributed by atoms with Crippen LogP contribution in [-0.2, 0) is 10.8 Å². The van der Waals surface area contributed by atoms with E-state index in [-0.39, 0.29) is 6.04 Å². The fourth-order valence-electron chi connectivity index (χ4n) is 1.96. The van der Waals surface area contributed by atoms with Crippen molar-refractivity contribution in [1.29, 1.82) is 0 Å². The van der Waals surface area contributed by atoms with E-state index >= 15 is 0 Å². The molecule has 0 fully saturated rings. The summed E-state index contributed by atoms with van der Waals surface area (Å²) < 4.78 is 13.1. The average Bonchev–Trinajstić information content (AvgIpc) is 2.72. The van der Waals surface area contributed by atoms with E-state index < -0.39 is 10.8 Å². The lowest BCUT2D eigenvalue weighted by molar-refractivity contribution is 0.683. The minimum Gasteiger partial charge on any atom is -0.365 e. The van der Waals surface area contributed by atoms with Crippen molar-refractivity contribution in [3.05, 3.63) is 24.2 Å². The zero-order chi connectivity index (χ0) is 14.0. The lowest BCUT2D eigenvalue weighted by atomic mass is 10.1. The quantitative estimate of drug-likeness (QED) is 0.910. The largest absolute Gasteiger partial charge is 0.365 e. The Bertz CT molecular complexity index is 593. The van der Waals surface area contributed by atoms with Gasteiger partial charge in [0.05, 0.1) is 5.69 Å². The third kappa shape index (κ3) is 3.32. The van der Waals surface area contributed by atoms with Crippen LogP contribution in [0.15, 0.2) is 18.5 Å². The molecule has 104 valence electrons. The van der Waals surface area contributed by atoms with Gasteiger partial charge in [0, 0.05) is 41.2 Å². The smallest absolute Gasteiger partial charge is 0.152 e. The fraction of sp³-hybridized carbons (Fsp3) is 0.538. The molecule has 0 saturated heterocycles. The molecule has 2 heterocycles. The second kappa shape index (κ2) is 5.69. The van der Waals surface area contributed by atoms with E-state index in [4.69, 9.17) is 0 Å². The molecule has 0 aliphatic carbocycles. The van der Waals surface area contributed by atoms with Gasteiger partial charge in [0.1, 0.15) is 5.52 Å². The molecule has 0 aromatic carbocycles. The third-order valence-corrected chi connectivity index (χ3v) is 3.84. The lowest BCUT2D eigenvalue weighted by Gasteiger charge is -2.13. The maximum Gasteiger partial charge on any atom is 0.152 e. The van der Waals surface area contributed by atoms with Crippen molar-refractivity contribution in [1.82, 2.24) is 14.6 Å². The van der Waals surface area contributed by atoms with Crippen molar-refractivity contribution >= 4 is 22.1 Å². The standard InChI is InChI=1S/C13H20N4OS/c1-9(2)11-7-12-13(14-5-6-17(12)16-11)15-10(3)8-19(4)18/h5-7,9-10H,8H2,1-4H3,(H,14,15). The van der Waals surface area contributed by atoms with Gasteiger partial charge in [-0.05, 0) is 18.9 Å². The van der Waals surface area contributed by atoms with Crippen molar-refractivity contribution in [2.24, 2.45) is 0 Å². The van der Waals surface area contributed by atoms with Crippen molar-refractivity contribution in [2.75, 3.05) is 17.3 Å². The molecule has 2 aromatic rings. The number of anilines is 1. The summed E-state index contributed by atoms with van der Waals surface area (Å²) in [5, 5.41) is 7.82. The van der Waals surface area contributed by atoms with Crippen LogP contribution in [0.4, 0.5) is 5.82 Å². The van der Waals surface area contributed by atoms with Gasteiger partial charge in [0.25, 0.3) is 0 Å². The van der Waals surface area contributed by atoms with E-state index in [0.717, 1.165) is 17.0 Å². The van der Waals surface area contributed by atoms with E-state index in [2.05, 4.69) is 35.3 Å². The first kappa shape index (κ1) is 14.0. The minimum absolute atomic E-state index is 0.113. The summed E-state index contributed by atoms with van der Waals surface area (Å²) in [4.78, 5) is 4.36. The van der Waals surface area contributed by atoms with Gasteiger partial charge in [-0.1, -0.05) is 13.8 Å². The highest BCUT2D eigenvalue weighted by molar-refractivity contribution is 7.84. The number of nitrogens with one attached hydrogen (secondary N) is 1. The predicted molar refractivity (Wildman–Crippen MR) is 79.1 cm³/mol. The van der Waals surface area contributed by atoms with Crippen LogP contribution in [0.2, 0.25) is 0 Å². The van der Waals surface area contributed by atoms with Crippen LogP contribution in [0.1, 0.15) is 32.4 Å². The first-order valence-corrected chi connectivity index (χ1v) is 8.11. The van der Waals surface area contributed by atoms with Crippen LogP contribution in [0.5, 0.6) is 0 Å². The SMILES string of the molecule is CC(CS(C)=O)Nc1nccn2nc(C(C)C)cc12. The molecule has 2 rings (SSSR count). The molecule has 5 nitrogen and oxygen atoms in total. The number of hydrogen-bond donors (Lipinski definition) is 1. The second-order valence-electron chi connectivity index (χ2n) is 5.11. The predicted octanol–water partition coefficient (Wildman–Crippen LogP) is 2.03. The van der Waals surface area contributed by atoms with E-state index in [1.165, 1.54) is 0 Å². The van der Waals surface area contributed by atoms with Crippen molar-refractivity contribution < 1.29 is 4.21 Å². The van der Waals surface area contributed by atoms with Crippen LogP contribution in [0, 0.1) is 0 Å². The molecule has 0 bridgehead atoms. The molecule has 19 heavy (non-hydrogen) atoms. The molecule has 0 aliphatic heterocycles. The van der Waals surface area contributed by atoms with Gasteiger partial charge < -0.3 is 5.32 Å². The van der Waals surface area contributed by atoms with E-state index in [1.807, 2.05) is 17.6 Å². The number of rotatable bonds is 5. The average molecular weight is 280 g/mol. The molecular formula is C13H20N4OS. The summed E-state index contributed by atoms with van der Waals surface area (Å²) in [5.41, 5.74) is 2.00. The molecular weight excluding hydrogens is 260 g/mol. The van der Waals surface area contributed by atoms with Crippen LogP contribution in [0.3, 0.4) is 0 Å². The van der Waals surface area contributed by atoms with Gasteiger partial charge in [-0.2, -0.15) is 5.10 Å². The van der Waals surface area contributed by atoms with E-state index in [1.54, 1.807) is 12.5 Å². The maximum absolute atomic E-state index is 11.2. The molecule has 6 heteroatoms. The normalized spacial score (nSPS) is 14.8. The second-order valence-corrected chi connectivity index (χ2v) is 6.59. The molecule has 2 atom stereocenters. The number of hydrogen-bond acceptors (Lipinski definition) is 4. The van der Waals surface area contributed by atoms with E-state index in [0.29, 0.717) is 11.7 Å². The van der Waals surface area contributed by atoms with Crippen molar-refractivity contribution in [3.8, 4) is 0 Å². The maximum atomic E-state index is 11.2. The Morgan fingerprint density at radius 2 is 2.16 bits per heavy atom. The Morgan fingerprint density at radius 3 is 2.79 bits per heavy atom. The fourth-order valence-corrected chi connectivity index (χ4v) is 2.75. The number of nitrogens with zero attached hydrogens (tertiary/aromatic N) is 3. The van der Waals surface area contributed by atoms with Gasteiger partial charge in [-0.25, -0.2) is 9.50 Å². The van der Waals surface area contributed by atoms with Crippen LogP contribution in [0.25, 0.3) is 5.52 Å². The lowest BCUT2D eigenvalue weighted by Crippen LogP contribution is -2.23.